The summed E-state index contributed by atoms with van der Waals surface area (Å²) in [5, 5.41) is 9.69. The Balaban J connectivity index is 2.12. The molecule has 0 radical (unpaired) electrons. The Labute approximate surface area is 114 Å². The zero-order valence-corrected chi connectivity index (χ0v) is 10.8. The molecular formula is C15H12N2O3. The number of nitrogens with zero attached hydrogens (tertiary/aromatic N) is 1. The highest BCUT2D eigenvalue weighted by Gasteiger charge is 2.14. The molecule has 0 unspecified atom stereocenters. The standard InChI is InChI=1S/C15H12N2O3/c1-20-15(19)10-8-9(6-7-13(10)18)14-16-11-4-2-3-5-12(11)17-14/h2-8,18H,1H3,(H,16,17). The Bertz CT molecular complexity index is 760. The normalized spacial score (nSPS) is 10.7. The summed E-state index contributed by atoms with van der Waals surface area (Å²) in [6.07, 6.45) is 0. The van der Waals surface area contributed by atoms with Gasteiger partial charge in [0.15, 0.2) is 0 Å². The monoisotopic (exact) mass is 268 g/mol. The Kier molecular flexibility index (Phi) is 2.87. The van der Waals surface area contributed by atoms with Gasteiger partial charge < -0.3 is 14.8 Å². The first-order valence-electron chi connectivity index (χ1n) is 6.05. The van der Waals surface area contributed by atoms with E-state index in [1.807, 2.05) is 24.3 Å². The highest BCUT2D eigenvalue weighted by molar-refractivity contribution is 5.94. The Hall–Kier alpha value is -2.82. The van der Waals surface area contributed by atoms with Crippen LogP contribution in [0.3, 0.4) is 0 Å². The number of methoxy groups -OCH3 is 1. The van der Waals surface area contributed by atoms with Crippen molar-refractivity contribution in [2.75, 3.05) is 7.11 Å². The van der Waals surface area contributed by atoms with E-state index >= 15 is 0 Å². The van der Waals surface area contributed by atoms with Crippen molar-refractivity contribution >= 4 is 17.0 Å². The van der Waals surface area contributed by atoms with E-state index in [0.717, 1.165) is 11.0 Å². The molecule has 0 aliphatic rings. The van der Waals surface area contributed by atoms with Crippen molar-refractivity contribution in [1.29, 1.82) is 0 Å². The molecule has 100 valence electrons. The molecule has 3 aromatic rings. The maximum absolute atomic E-state index is 11.6. The maximum atomic E-state index is 11.6. The predicted octanol–water partition coefficient (Wildman–Crippen LogP) is 2.72. The number of phenolic OH excluding ortho intramolecular Hbond substituents is 1. The van der Waals surface area contributed by atoms with Gasteiger partial charge in [0.25, 0.3) is 0 Å². The third-order valence-electron chi connectivity index (χ3n) is 3.06. The number of aromatic nitrogens is 2. The number of fused-ring (bicyclic) bond motifs is 1. The molecule has 3 rings (SSSR count). The number of ether oxygens (including phenoxy) is 1. The van der Waals surface area contributed by atoms with E-state index in [4.69, 9.17) is 0 Å². The number of para-hydroxylation sites is 2. The van der Waals surface area contributed by atoms with E-state index in [-0.39, 0.29) is 11.3 Å². The second-order valence-corrected chi connectivity index (χ2v) is 4.33. The first-order chi connectivity index (χ1) is 9.69. The molecule has 1 aromatic heterocycles. The number of nitrogens with one attached hydrogen (secondary N) is 1. The third kappa shape index (κ3) is 1.99. The molecule has 20 heavy (non-hydrogen) atoms. The van der Waals surface area contributed by atoms with Gasteiger partial charge in [0, 0.05) is 5.56 Å². The number of carbonyl (C=O) groups is 1. The van der Waals surface area contributed by atoms with Crippen LogP contribution in [0.4, 0.5) is 0 Å². The summed E-state index contributed by atoms with van der Waals surface area (Å²) in [5.74, 6) is -0.0616. The number of hydrogen-bond acceptors (Lipinski definition) is 4. The number of aromatic hydroxyl groups is 1. The van der Waals surface area contributed by atoms with Crippen molar-refractivity contribution in [3.63, 3.8) is 0 Å². The van der Waals surface area contributed by atoms with Crippen molar-refractivity contribution in [3.05, 3.63) is 48.0 Å². The summed E-state index contributed by atoms with van der Waals surface area (Å²) in [5.41, 5.74) is 2.58. The van der Waals surface area contributed by atoms with E-state index in [9.17, 15) is 9.90 Å². The zero-order valence-electron chi connectivity index (χ0n) is 10.8. The number of hydrogen-bond donors (Lipinski definition) is 2. The first kappa shape index (κ1) is 12.2. The first-order valence-corrected chi connectivity index (χ1v) is 6.05. The van der Waals surface area contributed by atoms with Crippen molar-refractivity contribution in [3.8, 4) is 17.1 Å². The number of imidazole rings is 1. The topological polar surface area (TPSA) is 75.2 Å². The quantitative estimate of drug-likeness (QED) is 0.701. The number of phenols is 1. The van der Waals surface area contributed by atoms with Crippen LogP contribution in [0.25, 0.3) is 22.4 Å². The van der Waals surface area contributed by atoms with E-state index in [1.54, 1.807) is 12.1 Å². The molecule has 5 heteroatoms. The fraction of sp³-hybridized carbons (Fsp3) is 0.0667. The van der Waals surface area contributed by atoms with E-state index in [1.165, 1.54) is 13.2 Å². The van der Waals surface area contributed by atoms with E-state index in [2.05, 4.69) is 14.7 Å². The Morgan fingerprint density at radius 1 is 1.25 bits per heavy atom. The minimum Gasteiger partial charge on any atom is -0.507 e. The predicted molar refractivity (Wildman–Crippen MR) is 74.5 cm³/mol. The molecule has 0 saturated heterocycles. The summed E-state index contributed by atoms with van der Waals surface area (Å²) in [7, 11) is 1.27. The van der Waals surface area contributed by atoms with Gasteiger partial charge in [-0.25, -0.2) is 9.78 Å². The lowest BCUT2D eigenvalue weighted by Gasteiger charge is -2.04. The van der Waals surface area contributed by atoms with Crippen LogP contribution in [-0.4, -0.2) is 28.2 Å². The average Bonchev–Trinajstić information content (AvgIpc) is 2.90. The van der Waals surface area contributed by atoms with Crippen LogP contribution in [0.15, 0.2) is 42.5 Å². The van der Waals surface area contributed by atoms with Gasteiger partial charge in [0.05, 0.1) is 18.1 Å². The van der Waals surface area contributed by atoms with Crippen molar-refractivity contribution in [1.82, 2.24) is 9.97 Å². The molecule has 0 spiro atoms. The number of carbonyl (C=O) groups excluding carboxylic acids is 1. The highest BCUT2D eigenvalue weighted by atomic mass is 16.5. The largest absolute Gasteiger partial charge is 0.507 e. The SMILES string of the molecule is COC(=O)c1cc(-c2nc3ccccc3[nH]2)ccc1O. The lowest BCUT2D eigenvalue weighted by Crippen LogP contribution is -2.01. The lowest BCUT2D eigenvalue weighted by atomic mass is 10.1. The molecule has 0 bridgehead atoms. The molecule has 1 heterocycles. The van der Waals surface area contributed by atoms with Gasteiger partial charge in [0.2, 0.25) is 0 Å². The second kappa shape index (κ2) is 4.70. The summed E-state index contributed by atoms with van der Waals surface area (Å²) >= 11 is 0. The van der Waals surface area contributed by atoms with E-state index < -0.39 is 5.97 Å². The fourth-order valence-electron chi connectivity index (χ4n) is 2.05. The van der Waals surface area contributed by atoms with Gasteiger partial charge in [-0.1, -0.05) is 12.1 Å². The third-order valence-corrected chi connectivity index (χ3v) is 3.06. The van der Waals surface area contributed by atoms with Crippen LogP contribution in [0.5, 0.6) is 5.75 Å². The number of aromatic amines is 1. The lowest BCUT2D eigenvalue weighted by molar-refractivity contribution is 0.0597. The van der Waals surface area contributed by atoms with Crippen LogP contribution in [0, 0.1) is 0 Å². The van der Waals surface area contributed by atoms with Crippen LogP contribution in [-0.2, 0) is 4.74 Å². The highest BCUT2D eigenvalue weighted by Crippen LogP contribution is 2.26. The Morgan fingerprint density at radius 3 is 2.80 bits per heavy atom. The number of rotatable bonds is 2. The molecule has 0 aliphatic carbocycles. The minimum absolute atomic E-state index is 0.114. The van der Waals surface area contributed by atoms with Gasteiger partial charge in [-0.2, -0.15) is 0 Å². The van der Waals surface area contributed by atoms with Crippen LogP contribution in [0.1, 0.15) is 10.4 Å². The molecule has 0 atom stereocenters. The van der Waals surface area contributed by atoms with Crippen LogP contribution < -0.4 is 0 Å². The summed E-state index contributed by atoms with van der Waals surface area (Å²) < 4.78 is 4.64. The van der Waals surface area contributed by atoms with Crippen molar-refractivity contribution in [2.45, 2.75) is 0 Å². The summed E-state index contributed by atoms with van der Waals surface area (Å²) in [6.45, 7) is 0. The van der Waals surface area contributed by atoms with Gasteiger partial charge in [-0.05, 0) is 30.3 Å². The number of benzene rings is 2. The molecular weight excluding hydrogens is 256 g/mol. The fourth-order valence-corrected chi connectivity index (χ4v) is 2.05. The van der Waals surface area contributed by atoms with Gasteiger partial charge in [0.1, 0.15) is 17.1 Å². The van der Waals surface area contributed by atoms with E-state index in [0.29, 0.717) is 11.4 Å². The molecule has 0 aliphatic heterocycles. The van der Waals surface area contributed by atoms with Gasteiger partial charge >= 0.3 is 5.97 Å². The molecule has 2 N–H and O–H groups in total. The molecule has 0 amide bonds. The molecule has 0 saturated carbocycles. The van der Waals surface area contributed by atoms with Crippen LogP contribution in [0.2, 0.25) is 0 Å². The minimum atomic E-state index is -0.583. The smallest absolute Gasteiger partial charge is 0.341 e. The van der Waals surface area contributed by atoms with Gasteiger partial charge in [-0.3, -0.25) is 0 Å². The Morgan fingerprint density at radius 2 is 2.05 bits per heavy atom. The van der Waals surface area contributed by atoms with Crippen molar-refractivity contribution < 1.29 is 14.6 Å². The zero-order chi connectivity index (χ0) is 14.1. The van der Waals surface area contributed by atoms with Crippen molar-refractivity contribution in [2.24, 2.45) is 0 Å². The number of esters is 1. The second-order valence-electron chi connectivity index (χ2n) is 4.33. The van der Waals surface area contributed by atoms with Crippen LogP contribution >= 0.6 is 0 Å². The number of H-pyrrole nitrogens is 1. The molecule has 5 nitrogen and oxygen atoms in total. The summed E-state index contributed by atoms with van der Waals surface area (Å²) in [4.78, 5) is 19.2. The van der Waals surface area contributed by atoms with Gasteiger partial charge in [-0.15, -0.1) is 0 Å². The maximum Gasteiger partial charge on any atom is 0.341 e. The molecule has 2 aromatic carbocycles. The average molecular weight is 268 g/mol. The summed E-state index contributed by atoms with van der Waals surface area (Å²) in [6, 6.07) is 12.3. The molecule has 0 fully saturated rings.